The zero-order valence-electron chi connectivity index (χ0n) is 11.2. The lowest BCUT2D eigenvalue weighted by molar-refractivity contribution is 0.0987. The summed E-state index contributed by atoms with van der Waals surface area (Å²) >= 11 is 0. The molecule has 0 bridgehead atoms. The smallest absolute Gasteiger partial charge is 0.162 e. The molecular weight excluding hydrogens is 212 g/mol. The molecule has 1 aromatic carbocycles. The molecule has 0 aromatic heterocycles. The minimum Gasteiger partial charge on any atom is -0.493 e. The standard InChI is InChI=1S/C15H22O2/c1-5-12-7-8-13(14(16)6-2)9-15(12)17-10-11(3)4/h7-9,11H,5-6,10H2,1-4H3. The van der Waals surface area contributed by atoms with Crippen molar-refractivity contribution in [1.29, 1.82) is 0 Å². The van der Waals surface area contributed by atoms with Crippen molar-refractivity contribution in [2.24, 2.45) is 5.92 Å². The number of carbonyl (C=O) groups is 1. The van der Waals surface area contributed by atoms with Gasteiger partial charge in [0.2, 0.25) is 0 Å². The van der Waals surface area contributed by atoms with Gasteiger partial charge in [-0.15, -0.1) is 0 Å². The van der Waals surface area contributed by atoms with Gasteiger partial charge in [-0.25, -0.2) is 0 Å². The van der Waals surface area contributed by atoms with Crippen LogP contribution in [-0.2, 0) is 6.42 Å². The molecule has 0 fully saturated rings. The number of Topliss-reactive ketones (excluding diaryl/α,β-unsaturated/α-hetero) is 1. The molecule has 0 saturated carbocycles. The Morgan fingerprint density at radius 1 is 1.29 bits per heavy atom. The molecule has 17 heavy (non-hydrogen) atoms. The largest absolute Gasteiger partial charge is 0.493 e. The van der Waals surface area contributed by atoms with Gasteiger partial charge < -0.3 is 4.74 Å². The van der Waals surface area contributed by atoms with E-state index >= 15 is 0 Å². The average Bonchev–Trinajstić information content (AvgIpc) is 2.34. The summed E-state index contributed by atoms with van der Waals surface area (Å²) in [5, 5.41) is 0. The summed E-state index contributed by atoms with van der Waals surface area (Å²) < 4.78 is 5.77. The third-order valence-electron chi connectivity index (χ3n) is 2.66. The molecule has 0 atom stereocenters. The number of hydrogen-bond donors (Lipinski definition) is 0. The van der Waals surface area contributed by atoms with E-state index in [1.54, 1.807) is 0 Å². The second-order valence-corrected chi connectivity index (χ2v) is 4.66. The van der Waals surface area contributed by atoms with Gasteiger partial charge in [-0.3, -0.25) is 4.79 Å². The number of ether oxygens (including phenoxy) is 1. The van der Waals surface area contributed by atoms with Crippen molar-refractivity contribution >= 4 is 5.78 Å². The van der Waals surface area contributed by atoms with Gasteiger partial charge in [-0.05, 0) is 24.0 Å². The van der Waals surface area contributed by atoms with E-state index in [2.05, 4.69) is 20.8 Å². The summed E-state index contributed by atoms with van der Waals surface area (Å²) in [5.74, 6) is 1.52. The van der Waals surface area contributed by atoms with Crippen LogP contribution in [0, 0.1) is 5.92 Å². The molecule has 0 heterocycles. The normalized spacial score (nSPS) is 10.6. The minimum absolute atomic E-state index is 0.169. The lowest BCUT2D eigenvalue weighted by atomic mass is 10.0. The van der Waals surface area contributed by atoms with Crippen LogP contribution in [0.25, 0.3) is 0 Å². The lowest BCUT2D eigenvalue weighted by Crippen LogP contribution is -2.07. The highest BCUT2D eigenvalue weighted by Crippen LogP contribution is 2.22. The molecule has 0 amide bonds. The Bertz CT molecular complexity index is 381. The van der Waals surface area contributed by atoms with Gasteiger partial charge in [0, 0.05) is 12.0 Å². The summed E-state index contributed by atoms with van der Waals surface area (Å²) in [6, 6.07) is 5.78. The maximum absolute atomic E-state index is 11.6. The molecule has 94 valence electrons. The van der Waals surface area contributed by atoms with Crippen molar-refractivity contribution in [2.45, 2.75) is 40.5 Å². The highest BCUT2D eigenvalue weighted by molar-refractivity contribution is 5.96. The fourth-order valence-corrected chi connectivity index (χ4v) is 1.62. The van der Waals surface area contributed by atoms with Crippen molar-refractivity contribution in [3.05, 3.63) is 29.3 Å². The zero-order valence-corrected chi connectivity index (χ0v) is 11.2. The molecule has 1 rings (SSSR count). The van der Waals surface area contributed by atoms with Crippen LogP contribution < -0.4 is 4.74 Å². The Labute approximate surface area is 104 Å². The molecule has 1 aromatic rings. The monoisotopic (exact) mass is 234 g/mol. The molecule has 2 nitrogen and oxygen atoms in total. The van der Waals surface area contributed by atoms with Gasteiger partial charge in [0.1, 0.15) is 5.75 Å². The Kier molecular flexibility index (Phi) is 5.20. The SMILES string of the molecule is CCC(=O)c1ccc(CC)c(OCC(C)C)c1. The van der Waals surface area contributed by atoms with Gasteiger partial charge in [-0.1, -0.05) is 39.8 Å². The first-order valence-corrected chi connectivity index (χ1v) is 6.37. The molecule has 0 unspecified atom stereocenters. The number of carbonyl (C=O) groups excluding carboxylic acids is 1. The number of rotatable bonds is 6. The molecule has 2 heteroatoms. The lowest BCUT2D eigenvalue weighted by Gasteiger charge is -2.13. The van der Waals surface area contributed by atoms with Gasteiger partial charge in [0.25, 0.3) is 0 Å². The molecule has 0 aliphatic carbocycles. The summed E-state index contributed by atoms with van der Waals surface area (Å²) in [5.41, 5.74) is 1.92. The van der Waals surface area contributed by atoms with E-state index in [0.717, 1.165) is 17.7 Å². The van der Waals surface area contributed by atoms with Gasteiger partial charge in [0.05, 0.1) is 6.61 Å². The van der Waals surface area contributed by atoms with Crippen LogP contribution in [0.2, 0.25) is 0 Å². The van der Waals surface area contributed by atoms with Crippen molar-refractivity contribution in [2.75, 3.05) is 6.61 Å². The topological polar surface area (TPSA) is 26.3 Å². The van der Waals surface area contributed by atoms with Crippen LogP contribution in [0.15, 0.2) is 18.2 Å². The highest BCUT2D eigenvalue weighted by atomic mass is 16.5. The number of ketones is 1. The maximum atomic E-state index is 11.6. The molecule has 0 radical (unpaired) electrons. The fourth-order valence-electron chi connectivity index (χ4n) is 1.62. The van der Waals surface area contributed by atoms with Crippen LogP contribution >= 0.6 is 0 Å². The van der Waals surface area contributed by atoms with Crippen LogP contribution in [0.1, 0.15) is 50.0 Å². The fraction of sp³-hybridized carbons (Fsp3) is 0.533. The number of benzene rings is 1. The Morgan fingerprint density at radius 3 is 2.53 bits per heavy atom. The first kappa shape index (κ1) is 13.8. The van der Waals surface area contributed by atoms with Crippen molar-refractivity contribution < 1.29 is 9.53 Å². The number of hydrogen-bond acceptors (Lipinski definition) is 2. The quantitative estimate of drug-likeness (QED) is 0.698. The predicted octanol–water partition coefficient (Wildman–Crippen LogP) is 3.88. The number of aryl methyl sites for hydroxylation is 1. The van der Waals surface area contributed by atoms with Crippen molar-refractivity contribution in [3.8, 4) is 5.75 Å². The van der Waals surface area contributed by atoms with E-state index in [9.17, 15) is 4.79 Å². The van der Waals surface area contributed by atoms with Gasteiger partial charge in [0.15, 0.2) is 5.78 Å². The van der Waals surface area contributed by atoms with Crippen molar-refractivity contribution in [3.63, 3.8) is 0 Å². The molecule has 0 aliphatic heterocycles. The van der Waals surface area contributed by atoms with Crippen molar-refractivity contribution in [1.82, 2.24) is 0 Å². The highest BCUT2D eigenvalue weighted by Gasteiger charge is 2.09. The molecule has 0 spiro atoms. The van der Waals surface area contributed by atoms with Crippen LogP contribution in [0.5, 0.6) is 5.75 Å². The van der Waals surface area contributed by atoms with E-state index in [1.165, 1.54) is 5.56 Å². The average molecular weight is 234 g/mol. The van der Waals surface area contributed by atoms with Crippen LogP contribution in [0.3, 0.4) is 0 Å². The summed E-state index contributed by atoms with van der Waals surface area (Å²) in [6.07, 6.45) is 1.46. The first-order valence-electron chi connectivity index (χ1n) is 6.37. The summed E-state index contributed by atoms with van der Waals surface area (Å²) in [7, 11) is 0. The Hall–Kier alpha value is -1.31. The summed E-state index contributed by atoms with van der Waals surface area (Å²) in [6.45, 7) is 8.90. The second kappa shape index (κ2) is 6.43. The van der Waals surface area contributed by atoms with E-state index in [0.29, 0.717) is 18.9 Å². The minimum atomic E-state index is 0.169. The third kappa shape index (κ3) is 3.88. The van der Waals surface area contributed by atoms with E-state index < -0.39 is 0 Å². The molecule has 0 N–H and O–H groups in total. The van der Waals surface area contributed by atoms with E-state index in [4.69, 9.17) is 4.74 Å². The maximum Gasteiger partial charge on any atom is 0.162 e. The molecule has 0 aliphatic rings. The second-order valence-electron chi connectivity index (χ2n) is 4.66. The van der Waals surface area contributed by atoms with E-state index in [-0.39, 0.29) is 5.78 Å². The van der Waals surface area contributed by atoms with Gasteiger partial charge >= 0.3 is 0 Å². The third-order valence-corrected chi connectivity index (χ3v) is 2.66. The van der Waals surface area contributed by atoms with E-state index in [1.807, 2.05) is 25.1 Å². The zero-order chi connectivity index (χ0) is 12.8. The molecule has 0 saturated heterocycles. The Balaban J connectivity index is 2.93. The Morgan fingerprint density at radius 2 is 2.00 bits per heavy atom. The van der Waals surface area contributed by atoms with Gasteiger partial charge in [-0.2, -0.15) is 0 Å². The van der Waals surface area contributed by atoms with Crippen LogP contribution in [0.4, 0.5) is 0 Å². The first-order chi connectivity index (χ1) is 8.08. The molecular formula is C15H22O2. The predicted molar refractivity (Wildman–Crippen MR) is 70.8 cm³/mol. The summed E-state index contributed by atoms with van der Waals surface area (Å²) in [4.78, 5) is 11.6. The van der Waals surface area contributed by atoms with Crippen LogP contribution in [-0.4, -0.2) is 12.4 Å².